The van der Waals surface area contributed by atoms with Gasteiger partial charge in [-0.25, -0.2) is 18.1 Å². The second kappa shape index (κ2) is 4.97. The molecule has 19 heavy (non-hydrogen) atoms. The van der Waals surface area contributed by atoms with Crippen molar-refractivity contribution in [2.45, 2.75) is 30.0 Å². The zero-order valence-corrected chi connectivity index (χ0v) is 12.8. The van der Waals surface area contributed by atoms with E-state index in [1.165, 1.54) is 11.3 Å². The van der Waals surface area contributed by atoms with E-state index in [1.54, 1.807) is 35.0 Å². The third-order valence-corrected chi connectivity index (χ3v) is 6.88. The summed E-state index contributed by atoms with van der Waals surface area (Å²) in [6.45, 7) is 1.99. The monoisotopic (exact) mass is 314 g/mol. The number of aromatic nitrogens is 1. The van der Waals surface area contributed by atoms with Crippen molar-refractivity contribution >= 4 is 32.7 Å². The van der Waals surface area contributed by atoms with Gasteiger partial charge in [-0.05, 0) is 37.1 Å². The largest absolute Gasteiger partial charge is 0.250 e. The third kappa shape index (κ3) is 2.89. The van der Waals surface area contributed by atoms with Gasteiger partial charge in [-0.15, -0.1) is 22.7 Å². The Balaban J connectivity index is 1.87. The summed E-state index contributed by atoms with van der Waals surface area (Å²) in [5.41, 5.74) is 0. The Labute approximate surface area is 120 Å². The molecule has 1 unspecified atom stereocenters. The number of thiophene rings is 1. The number of rotatable bonds is 5. The summed E-state index contributed by atoms with van der Waals surface area (Å²) in [7, 11) is -3.42. The van der Waals surface area contributed by atoms with E-state index in [1.807, 2.05) is 6.92 Å². The summed E-state index contributed by atoms with van der Waals surface area (Å²) < 4.78 is 27.8. The predicted octanol–water partition coefficient (Wildman–Crippen LogP) is 2.94. The van der Waals surface area contributed by atoms with E-state index in [4.69, 9.17) is 0 Å². The van der Waals surface area contributed by atoms with E-state index in [2.05, 4.69) is 9.71 Å². The van der Waals surface area contributed by atoms with Gasteiger partial charge in [-0.1, -0.05) is 6.07 Å². The van der Waals surface area contributed by atoms with Crippen LogP contribution < -0.4 is 4.72 Å². The first-order valence-corrected chi connectivity index (χ1v) is 9.22. The molecular weight excluding hydrogens is 300 g/mol. The van der Waals surface area contributed by atoms with Crippen LogP contribution in [0, 0.1) is 12.8 Å². The fourth-order valence-electron chi connectivity index (χ4n) is 1.94. The zero-order valence-electron chi connectivity index (χ0n) is 10.4. The molecular formula is C12H14N2O2S3. The summed E-state index contributed by atoms with van der Waals surface area (Å²) in [6, 6.07) is 3.20. The Morgan fingerprint density at radius 1 is 1.47 bits per heavy atom. The standard InChI is InChI=1S/C12H14N2O2S3/c1-8-7-13-12(18-8)11(9-4-5-9)14-19(15,16)10-3-2-6-17-10/h2-3,6-7,9,11,14H,4-5H2,1H3. The molecule has 0 aromatic carbocycles. The summed E-state index contributed by atoms with van der Waals surface area (Å²) in [5.74, 6) is 0.389. The van der Waals surface area contributed by atoms with Crippen LogP contribution in [0.3, 0.4) is 0 Å². The van der Waals surface area contributed by atoms with E-state index in [9.17, 15) is 8.42 Å². The maximum absolute atomic E-state index is 12.3. The van der Waals surface area contributed by atoms with Crippen LogP contribution >= 0.6 is 22.7 Å². The third-order valence-electron chi connectivity index (χ3n) is 3.04. The predicted molar refractivity (Wildman–Crippen MR) is 77.0 cm³/mol. The second-order valence-corrected chi connectivity index (χ2v) is 8.83. The Morgan fingerprint density at radius 2 is 2.26 bits per heavy atom. The van der Waals surface area contributed by atoms with Crippen LogP contribution in [0.25, 0.3) is 0 Å². The molecule has 2 heterocycles. The van der Waals surface area contributed by atoms with E-state index in [-0.39, 0.29) is 6.04 Å². The van der Waals surface area contributed by atoms with Crippen LogP contribution in [0.15, 0.2) is 27.9 Å². The fraction of sp³-hybridized carbons (Fsp3) is 0.417. The van der Waals surface area contributed by atoms with Crippen molar-refractivity contribution in [2.24, 2.45) is 5.92 Å². The number of hydrogen-bond acceptors (Lipinski definition) is 5. The number of aryl methyl sites for hydroxylation is 1. The van der Waals surface area contributed by atoms with Crippen LogP contribution in [0.1, 0.15) is 28.8 Å². The smallest absolute Gasteiger partial charge is 0.248 e. The van der Waals surface area contributed by atoms with Crippen molar-refractivity contribution in [3.05, 3.63) is 33.6 Å². The average Bonchev–Trinajstić information content (AvgIpc) is 2.88. The molecule has 3 rings (SSSR count). The van der Waals surface area contributed by atoms with Crippen LogP contribution in [0.2, 0.25) is 0 Å². The minimum absolute atomic E-state index is 0.175. The number of nitrogens with one attached hydrogen (secondary N) is 1. The Kier molecular flexibility index (Phi) is 3.46. The van der Waals surface area contributed by atoms with Gasteiger partial charge in [-0.3, -0.25) is 0 Å². The molecule has 2 aromatic rings. The minimum Gasteiger partial charge on any atom is -0.248 e. The molecule has 1 aliphatic rings. The molecule has 1 aliphatic carbocycles. The van der Waals surface area contributed by atoms with Crippen molar-refractivity contribution in [1.29, 1.82) is 0 Å². The molecule has 0 spiro atoms. The molecule has 0 saturated heterocycles. The lowest BCUT2D eigenvalue weighted by molar-refractivity contribution is 0.529. The number of thiazole rings is 1. The second-order valence-electron chi connectivity index (χ2n) is 4.68. The topological polar surface area (TPSA) is 59.1 Å². The normalized spacial score (nSPS) is 17.5. The van der Waals surface area contributed by atoms with Crippen molar-refractivity contribution < 1.29 is 8.42 Å². The Bertz CT molecular complexity index is 657. The average molecular weight is 314 g/mol. The highest BCUT2D eigenvalue weighted by atomic mass is 32.2. The molecule has 1 fully saturated rings. The molecule has 1 atom stereocenters. The zero-order chi connectivity index (χ0) is 13.5. The van der Waals surface area contributed by atoms with E-state index >= 15 is 0 Å². The fourth-order valence-corrected chi connectivity index (χ4v) is 5.21. The van der Waals surface area contributed by atoms with Gasteiger partial charge >= 0.3 is 0 Å². The van der Waals surface area contributed by atoms with Gasteiger partial charge in [0.2, 0.25) is 0 Å². The highest BCUT2D eigenvalue weighted by molar-refractivity contribution is 7.91. The van der Waals surface area contributed by atoms with Gasteiger partial charge in [0.25, 0.3) is 10.0 Å². The first-order chi connectivity index (χ1) is 9.06. The quantitative estimate of drug-likeness (QED) is 0.923. The summed E-state index contributed by atoms with van der Waals surface area (Å²) in [4.78, 5) is 5.45. The van der Waals surface area contributed by atoms with Crippen LogP contribution in [-0.4, -0.2) is 13.4 Å². The first kappa shape index (κ1) is 13.2. The Hall–Kier alpha value is -0.760. The molecule has 102 valence electrons. The lowest BCUT2D eigenvalue weighted by atomic mass is 10.2. The lowest BCUT2D eigenvalue weighted by Crippen LogP contribution is -2.29. The number of hydrogen-bond donors (Lipinski definition) is 1. The maximum Gasteiger partial charge on any atom is 0.250 e. The molecule has 2 aromatic heterocycles. The molecule has 1 N–H and O–H groups in total. The van der Waals surface area contributed by atoms with E-state index in [0.717, 1.165) is 22.7 Å². The lowest BCUT2D eigenvalue weighted by Gasteiger charge is -2.15. The molecule has 7 heteroatoms. The van der Waals surface area contributed by atoms with E-state index in [0.29, 0.717) is 10.1 Å². The Morgan fingerprint density at radius 3 is 2.79 bits per heavy atom. The van der Waals surface area contributed by atoms with Crippen molar-refractivity contribution in [3.8, 4) is 0 Å². The van der Waals surface area contributed by atoms with Crippen LogP contribution in [0.5, 0.6) is 0 Å². The molecule has 1 saturated carbocycles. The highest BCUT2D eigenvalue weighted by Crippen LogP contribution is 2.42. The molecule has 0 aliphatic heterocycles. The first-order valence-electron chi connectivity index (χ1n) is 6.04. The number of sulfonamides is 1. The number of nitrogens with zero attached hydrogens (tertiary/aromatic N) is 1. The molecule has 0 bridgehead atoms. The van der Waals surface area contributed by atoms with Gasteiger partial charge in [0.1, 0.15) is 9.22 Å². The van der Waals surface area contributed by atoms with Gasteiger partial charge in [0, 0.05) is 11.1 Å². The summed E-state index contributed by atoms with van der Waals surface area (Å²) in [5, 5.41) is 2.65. The van der Waals surface area contributed by atoms with Gasteiger partial charge in [0.15, 0.2) is 0 Å². The van der Waals surface area contributed by atoms with Gasteiger partial charge < -0.3 is 0 Å². The van der Waals surface area contributed by atoms with Crippen molar-refractivity contribution in [3.63, 3.8) is 0 Å². The molecule has 0 amide bonds. The van der Waals surface area contributed by atoms with Gasteiger partial charge in [-0.2, -0.15) is 0 Å². The summed E-state index contributed by atoms with van der Waals surface area (Å²) in [6.07, 6.45) is 3.93. The summed E-state index contributed by atoms with van der Waals surface area (Å²) >= 11 is 2.80. The highest BCUT2D eigenvalue weighted by Gasteiger charge is 2.37. The molecule has 0 radical (unpaired) electrons. The maximum atomic E-state index is 12.3. The van der Waals surface area contributed by atoms with Crippen LogP contribution in [0.4, 0.5) is 0 Å². The van der Waals surface area contributed by atoms with Gasteiger partial charge in [0.05, 0.1) is 6.04 Å². The van der Waals surface area contributed by atoms with Crippen molar-refractivity contribution in [1.82, 2.24) is 9.71 Å². The van der Waals surface area contributed by atoms with E-state index < -0.39 is 10.0 Å². The molecule has 4 nitrogen and oxygen atoms in total. The SMILES string of the molecule is Cc1cnc(C(NS(=O)(=O)c2cccs2)C2CC2)s1. The minimum atomic E-state index is -3.42. The van der Waals surface area contributed by atoms with Crippen molar-refractivity contribution in [2.75, 3.05) is 0 Å². The van der Waals surface area contributed by atoms with Crippen LogP contribution in [-0.2, 0) is 10.0 Å².